The maximum atomic E-state index is 12.7. The van der Waals surface area contributed by atoms with Gasteiger partial charge in [0.1, 0.15) is 5.15 Å². The fourth-order valence-corrected chi connectivity index (χ4v) is 3.01. The predicted octanol–water partition coefficient (Wildman–Crippen LogP) is 3.55. The van der Waals surface area contributed by atoms with Gasteiger partial charge in [-0.05, 0) is 18.2 Å². The molecule has 2 aromatic heterocycles. The van der Waals surface area contributed by atoms with E-state index in [4.69, 9.17) is 11.6 Å². The summed E-state index contributed by atoms with van der Waals surface area (Å²) >= 11 is 6.26. The van der Waals surface area contributed by atoms with Crippen LogP contribution in [0.3, 0.4) is 0 Å². The van der Waals surface area contributed by atoms with Gasteiger partial charge in [0.15, 0.2) is 0 Å². The molecule has 0 bridgehead atoms. The van der Waals surface area contributed by atoms with Crippen LogP contribution in [0, 0.1) is 10.1 Å². The number of aromatic nitrogens is 3. The third-order valence-corrected chi connectivity index (χ3v) is 4.44. The predicted molar refractivity (Wildman–Crippen MR) is 98.5 cm³/mol. The second kappa shape index (κ2) is 6.20. The van der Waals surface area contributed by atoms with E-state index in [0.29, 0.717) is 16.1 Å². The Morgan fingerprint density at radius 1 is 1.12 bits per heavy atom. The molecule has 4 rings (SSSR count). The second-order valence-corrected chi connectivity index (χ2v) is 6.13. The molecule has 0 radical (unpaired) electrons. The van der Waals surface area contributed by atoms with E-state index in [-0.39, 0.29) is 23.3 Å². The minimum Gasteiger partial charge on any atom is -0.294 e. The van der Waals surface area contributed by atoms with Crippen LogP contribution in [0.25, 0.3) is 21.8 Å². The monoisotopic (exact) mass is 366 g/mol. The largest absolute Gasteiger partial charge is 0.294 e. The molecule has 0 aliphatic heterocycles. The maximum absolute atomic E-state index is 12.7. The van der Waals surface area contributed by atoms with Crippen LogP contribution in [0.1, 0.15) is 5.56 Å². The van der Waals surface area contributed by atoms with Crippen molar-refractivity contribution in [2.24, 2.45) is 0 Å². The first-order chi connectivity index (χ1) is 12.5. The average Bonchev–Trinajstić information content (AvgIpc) is 2.64. The highest BCUT2D eigenvalue weighted by atomic mass is 35.5. The third kappa shape index (κ3) is 2.78. The standard InChI is InChI=1S/C18H11ClN4O3/c19-17-12(7-11-3-1-2-4-15(11)21-17)9-22-10-20-16-8-13(23(25)26)5-6-14(16)18(22)24/h1-8,10H,9H2. The Labute approximate surface area is 151 Å². The first kappa shape index (κ1) is 16.2. The summed E-state index contributed by atoms with van der Waals surface area (Å²) in [4.78, 5) is 31.5. The second-order valence-electron chi connectivity index (χ2n) is 5.77. The molecule has 0 saturated heterocycles. The topological polar surface area (TPSA) is 90.9 Å². The minimum absolute atomic E-state index is 0.107. The Morgan fingerprint density at radius 2 is 1.92 bits per heavy atom. The molecular formula is C18H11ClN4O3. The number of pyridine rings is 1. The van der Waals surface area contributed by atoms with Crippen molar-refractivity contribution >= 4 is 39.1 Å². The first-order valence-corrected chi connectivity index (χ1v) is 8.08. The zero-order valence-electron chi connectivity index (χ0n) is 13.3. The van der Waals surface area contributed by atoms with Gasteiger partial charge >= 0.3 is 0 Å². The van der Waals surface area contributed by atoms with Crippen LogP contribution >= 0.6 is 11.6 Å². The molecule has 0 N–H and O–H groups in total. The molecule has 2 aromatic carbocycles. The van der Waals surface area contributed by atoms with Crippen LogP contribution < -0.4 is 5.56 Å². The van der Waals surface area contributed by atoms with Crippen molar-refractivity contribution in [2.75, 3.05) is 0 Å². The number of nitro groups is 1. The van der Waals surface area contributed by atoms with E-state index in [1.807, 2.05) is 30.3 Å². The summed E-state index contributed by atoms with van der Waals surface area (Å²) < 4.78 is 1.41. The molecule has 0 fully saturated rings. The number of rotatable bonds is 3. The molecule has 8 heteroatoms. The zero-order chi connectivity index (χ0) is 18.3. The molecule has 26 heavy (non-hydrogen) atoms. The summed E-state index contributed by atoms with van der Waals surface area (Å²) in [6, 6.07) is 13.4. The van der Waals surface area contributed by atoms with Gasteiger partial charge in [-0.15, -0.1) is 0 Å². The number of nitrogens with zero attached hydrogens (tertiary/aromatic N) is 4. The van der Waals surface area contributed by atoms with E-state index in [1.54, 1.807) is 0 Å². The molecule has 7 nitrogen and oxygen atoms in total. The number of non-ortho nitro benzene ring substituents is 1. The summed E-state index contributed by atoms with van der Waals surface area (Å²) in [6.45, 7) is 0.204. The summed E-state index contributed by atoms with van der Waals surface area (Å²) in [5.41, 5.74) is 1.34. The van der Waals surface area contributed by atoms with E-state index in [0.717, 1.165) is 10.9 Å². The number of para-hydroxylation sites is 1. The number of benzene rings is 2. The number of halogens is 1. The maximum Gasteiger partial charge on any atom is 0.271 e. The molecule has 0 atom stereocenters. The first-order valence-electron chi connectivity index (χ1n) is 7.71. The Hall–Kier alpha value is -3.32. The number of nitro benzene ring substituents is 1. The third-order valence-electron chi connectivity index (χ3n) is 4.11. The molecule has 0 unspecified atom stereocenters. The summed E-state index contributed by atoms with van der Waals surface area (Å²) in [7, 11) is 0. The number of hydrogen-bond donors (Lipinski definition) is 0. The van der Waals surface area contributed by atoms with Crippen molar-refractivity contribution in [1.82, 2.24) is 14.5 Å². The molecule has 0 aliphatic carbocycles. The van der Waals surface area contributed by atoms with Gasteiger partial charge in [-0.3, -0.25) is 19.5 Å². The van der Waals surface area contributed by atoms with E-state index in [2.05, 4.69) is 9.97 Å². The lowest BCUT2D eigenvalue weighted by atomic mass is 10.1. The lowest BCUT2D eigenvalue weighted by Gasteiger charge is -2.09. The van der Waals surface area contributed by atoms with E-state index < -0.39 is 4.92 Å². The van der Waals surface area contributed by atoms with Gasteiger partial charge in [0, 0.05) is 23.1 Å². The van der Waals surface area contributed by atoms with Gasteiger partial charge in [0.25, 0.3) is 11.2 Å². The highest BCUT2D eigenvalue weighted by Crippen LogP contribution is 2.21. The summed E-state index contributed by atoms with van der Waals surface area (Å²) in [6.07, 6.45) is 1.36. The number of fused-ring (bicyclic) bond motifs is 2. The Morgan fingerprint density at radius 3 is 2.73 bits per heavy atom. The summed E-state index contributed by atoms with van der Waals surface area (Å²) in [5, 5.41) is 12.4. The van der Waals surface area contributed by atoms with E-state index in [1.165, 1.54) is 29.1 Å². The molecule has 4 aromatic rings. The molecule has 0 spiro atoms. The molecule has 0 aliphatic rings. The Bertz CT molecular complexity index is 1240. The highest BCUT2D eigenvalue weighted by molar-refractivity contribution is 6.30. The number of hydrogen-bond acceptors (Lipinski definition) is 5. The van der Waals surface area contributed by atoms with Crippen LogP contribution in [-0.4, -0.2) is 19.5 Å². The van der Waals surface area contributed by atoms with Gasteiger partial charge in [0.2, 0.25) is 0 Å². The Balaban J connectivity index is 1.79. The SMILES string of the molecule is O=c1c2ccc([N+](=O)[O-])cc2ncn1Cc1cc2ccccc2nc1Cl. The van der Waals surface area contributed by atoms with Gasteiger partial charge in [-0.1, -0.05) is 29.8 Å². The molecule has 0 amide bonds. The van der Waals surface area contributed by atoms with Crippen molar-refractivity contribution in [3.8, 4) is 0 Å². The minimum atomic E-state index is -0.521. The van der Waals surface area contributed by atoms with Crippen molar-refractivity contribution in [3.05, 3.63) is 86.0 Å². The van der Waals surface area contributed by atoms with Crippen LogP contribution in [0.4, 0.5) is 5.69 Å². The fourth-order valence-electron chi connectivity index (χ4n) is 2.80. The van der Waals surface area contributed by atoms with Gasteiger partial charge < -0.3 is 0 Å². The lowest BCUT2D eigenvalue weighted by molar-refractivity contribution is -0.384. The highest BCUT2D eigenvalue weighted by Gasteiger charge is 2.12. The van der Waals surface area contributed by atoms with E-state index >= 15 is 0 Å². The van der Waals surface area contributed by atoms with Gasteiger partial charge in [-0.25, -0.2) is 9.97 Å². The van der Waals surface area contributed by atoms with Crippen LogP contribution in [0.15, 0.2) is 59.7 Å². The Kier molecular flexibility index (Phi) is 3.85. The molecule has 0 saturated carbocycles. The van der Waals surface area contributed by atoms with Crippen molar-refractivity contribution in [1.29, 1.82) is 0 Å². The van der Waals surface area contributed by atoms with Crippen LogP contribution in [-0.2, 0) is 6.54 Å². The van der Waals surface area contributed by atoms with Crippen LogP contribution in [0.5, 0.6) is 0 Å². The van der Waals surface area contributed by atoms with Gasteiger partial charge in [0.05, 0.1) is 34.2 Å². The normalized spacial score (nSPS) is 11.1. The van der Waals surface area contributed by atoms with Crippen LogP contribution in [0.2, 0.25) is 5.15 Å². The van der Waals surface area contributed by atoms with Crippen molar-refractivity contribution in [2.45, 2.75) is 6.54 Å². The van der Waals surface area contributed by atoms with Crippen molar-refractivity contribution in [3.63, 3.8) is 0 Å². The average molecular weight is 367 g/mol. The molecular weight excluding hydrogens is 356 g/mol. The van der Waals surface area contributed by atoms with E-state index in [9.17, 15) is 14.9 Å². The van der Waals surface area contributed by atoms with Gasteiger partial charge in [-0.2, -0.15) is 0 Å². The smallest absolute Gasteiger partial charge is 0.271 e. The zero-order valence-corrected chi connectivity index (χ0v) is 14.1. The summed E-state index contributed by atoms with van der Waals surface area (Å²) in [5.74, 6) is 0. The fraction of sp³-hybridized carbons (Fsp3) is 0.0556. The quantitative estimate of drug-likeness (QED) is 0.314. The molecule has 128 valence electrons. The molecule has 2 heterocycles. The lowest BCUT2D eigenvalue weighted by Crippen LogP contribution is -2.21. The van der Waals surface area contributed by atoms with Crippen molar-refractivity contribution < 1.29 is 4.92 Å².